The number of allylic oxidation sites excluding steroid dienone is 1. The first kappa shape index (κ1) is 21.6. The molecule has 0 saturated carbocycles. The number of carbonyl (C=O) groups excluding carboxylic acids is 1. The highest BCUT2D eigenvalue weighted by atomic mass is 32.2. The molecule has 0 aromatic heterocycles. The number of hydrogen-bond acceptors (Lipinski definition) is 5. The normalized spacial score (nSPS) is 15.3. The third-order valence-electron chi connectivity index (χ3n) is 3.82. The summed E-state index contributed by atoms with van der Waals surface area (Å²) in [6.07, 6.45) is -3.90. The lowest BCUT2D eigenvalue weighted by Crippen LogP contribution is -2.49. The monoisotopic (exact) mass is 417 g/mol. The Morgan fingerprint density at radius 1 is 1.22 bits per heavy atom. The molecular weight excluding hydrogens is 395 g/mol. The average Bonchev–Trinajstić information content (AvgIpc) is 2.64. The Labute approximate surface area is 166 Å². The number of halogens is 3. The molecule has 1 saturated heterocycles. The summed E-state index contributed by atoms with van der Waals surface area (Å²) in [7, 11) is 0. The van der Waals surface area contributed by atoms with Gasteiger partial charge < -0.3 is 14.5 Å². The van der Waals surface area contributed by atoms with Crippen LogP contribution >= 0.6 is 23.7 Å². The van der Waals surface area contributed by atoms with Crippen LogP contribution in [0.25, 0.3) is 0 Å². The molecule has 1 heterocycles. The van der Waals surface area contributed by atoms with Gasteiger partial charge in [-0.3, -0.25) is 4.79 Å². The zero-order valence-corrected chi connectivity index (χ0v) is 16.6. The maximum atomic E-state index is 12.3. The molecule has 1 amide bonds. The van der Waals surface area contributed by atoms with Crippen LogP contribution in [-0.2, 0) is 4.79 Å². The second-order valence-electron chi connectivity index (χ2n) is 5.87. The number of amides is 1. The SMILES string of the molecule is C=C(NSc1ccc(N2CCN(C(=O)CC(F)(F)F)CC2)cc1)S/C=C\C. The van der Waals surface area contributed by atoms with E-state index in [0.29, 0.717) is 26.2 Å². The summed E-state index contributed by atoms with van der Waals surface area (Å²) in [5, 5.41) is 2.78. The first-order chi connectivity index (χ1) is 12.8. The number of nitrogens with one attached hydrogen (secondary N) is 1. The van der Waals surface area contributed by atoms with Gasteiger partial charge in [-0.1, -0.05) is 24.4 Å². The van der Waals surface area contributed by atoms with E-state index in [9.17, 15) is 18.0 Å². The van der Waals surface area contributed by atoms with Crippen molar-refractivity contribution in [3.63, 3.8) is 0 Å². The fourth-order valence-corrected chi connectivity index (χ4v) is 3.63. The summed E-state index contributed by atoms with van der Waals surface area (Å²) in [6, 6.07) is 7.89. The van der Waals surface area contributed by atoms with Gasteiger partial charge in [0.25, 0.3) is 0 Å². The number of nitrogens with zero attached hydrogens (tertiary/aromatic N) is 2. The summed E-state index contributed by atoms with van der Waals surface area (Å²) < 4.78 is 40.2. The number of carbonyl (C=O) groups is 1. The van der Waals surface area contributed by atoms with E-state index in [4.69, 9.17) is 0 Å². The van der Waals surface area contributed by atoms with Crippen LogP contribution in [0.5, 0.6) is 0 Å². The lowest BCUT2D eigenvalue weighted by atomic mass is 10.2. The van der Waals surface area contributed by atoms with Crippen LogP contribution in [0.15, 0.2) is 52.3 Å². The van der Waals surface area contributed by atoms with Crippen LogP contribution < -0.4 is 9.62 Å². The van der Waals surface area contributed by atoms with E-state index < -0.39 is 18.5 Å². The molecule has 4 nitrogen and oxygen atoms in total. The zero-order chi connectivity index (χ0) is 19.9. The topological polar surface area (TPSA) is 35.6 Å². The third kappa shape index (κ3) is 7.42. The molecule has 1 aromatic rings. The Morgan fingerprint density at radius 2 is 1.85 bits per heavy atom. The number of benzene rings is 1. The Bertz CT molecular complexity index is 669. The van der Waals surface area contributed by atoms with E-state index in [1.807, 2.05) is 42.7 Å². The molecule has 0 bridgehead atoms. The van der Waals surface area contributed by atoms with E-state index in [1.165, 1.54) is 28.6 Å². The van der Waals surface area contributed by atoms with Gasteiger partial charge in [0.05, 0.1) is 5.03 Å². The second-order valence-corrected chi connectivity index (χ2v) is 7.75. The first-order valence-corrected chi connectivity index (χ1v) is 10.1. The van der Waals surface area contributed by atoms with Crippen molar-refractivity contribution < 1.29 is 18.0 Å². The number of rotatable bonds is 7. The van der Waals surface area contributed by atoms with Crippen molar-refractivity contribution in [2.75, 3.05) is 31.1 Å². The van der Waals surface area contributed by atoms with Crippen molar-refractivity contribution in [2.24, 2.45) is 0 Å². The molecule has 0 atom stereocenters. The number of thioether (sulfide) groups is 1. The lowest BCUT2D eigenvalue weighted by Gasteiger charge is -2.36. The van der Waals surface area contributed by atoms with E-state index in [2.05, 4.69) is 16.2 Å². The lowest BCUT2D eigenvalue weighted by molar-refractivity contribution is -0.161. The van der Waals surface area contributed by atoms with E-state index in [-0.39, 0.29) is 0 Å². The largest absolute Gasteiger partial charge is 0.397 e. The Hall–Kier alpha value is -1.74. The second kappa shape index (κ2) is 9.98. The fraction of sp³-hybridized carbons (Fsp3) is 0.389. The first-order valence-electron chi connectivity index (χ1n) is 8.37. The van der Waals surface area contributed by atoms with Crippen LogP contribution in [0.2, 0.25) is 0 Å². The van der Waals surface area contributed by atoms with Crippen molar-refractivity contribution in [3.8, 4) is 0 Å². The highest BCUT2D eigenvalue weighted by molar-refractivity contribution is 8.07. The van der Waals surface area contributed by atoms with Crippen LogP contribution in [0.3, 0.4) is 0 Å². The predicted molar refractivity (Wildman–Crippen MR) is 106 cm³/mol. The summed E-state index contributed by atoms with van der Waals surface area (Å²) in [5.41, 5.74) is 0.990. The predicted octanol–water partition coefficient (Wildman–Crippen LogP) is 4.62. The van der Waals surface area contributed by atoms with Crippen molar-refractivity contribution in [1.82, 2.24) is 9.62 Å². The van der Waals surface area contributed by atoms with E-state index >= 15 is 0 Å². The minimum absolute atomic E-state index is 0.301. The molecule has 0 spiro atoms. The minimum Gasteiger partial charge on any atom is -0.368 e. The number of piperazine rings is 1. The van der Waals surface area contributed by atoms with Gasteiger partial charge >= 0.3 is 6.18 Å². The summed E-state index contributed by atoms with van der Waals surface area (Å²) >= 11 is 2.97. The van der Waals surface area contributed by atoms with Crippen LogP contribution in [0, 0.1) is 0 Å². The molecule has 9 heteroatoms. The molecular formula is C18H22F3N3OS2. The fourth-order valence-electron chi connectivity index (χ4n) is 2.51. The standard InChI is InChI=1S/C18H22F3N3OS2/c1-3-12-26-14(2)22-27-16-6-4-15(5-7-16)23-8-10-24(11-9-23)17(25)13-18(19,20)21/h3-7,12,22H,2,8-11,13H2,1H3/b12-3-. The molecule has 148 valence electrons. The van der Waals surface area contributed by atoms with Gasteiger partial charge in [-0.05, 0) is 48.5 Å². The Morgan fingerprint density at radius 3 is 2.41 bits per heavy atom. The molecule has 1 aliphatic heterocycles. The highest BCUT2D eigenvalue weighted by Crippen LogP contribution is 2.25. The zero-order valence-electron chi connectivity index (χ0n) is 15.0. The van der Waals surface area contributed by atoms with Gasteiger partial charge in [0.2, 0.25) is 5.91 Å². The van der Waals surface area contributed by atoms with Crippen LogP contribution in [0.4, 0.5) is 18.9 Å². The number of anilines is 1. The van der Waals surface area contributed by atoms with Gasteiger partial charge in [-0.2, -0.15) is 13.2 Å². The maximum Gasteiger partial charge on any atom is 0.397 e. The van der Waals surface area contributed by atoms with Crippen LogP contribution in [-0.4, -0.2) is 43.2 Å². The van der Waals surface area contributed by atoms with Crippen molar-refractivity contribution in [1.29, 1.82) is 0 Å². The van der Waals surface area contributed by atoms with E-state index in [0.717, 1.165) is 15.6 Å². The van der Waals surface area contributed by atoms with Gasteiger partial charge in [0, 0.05) is 36.8 Å². The molecule has 2 rings (SSSR count). The van der Waals surface area contributed by atoms with Crippen LogP contribution in [0.1, 0.15) is 13.3 Å². The van der Waals surface area contributed by atoms with Gasteiger partial charge in [0.15, 0.2) is 0 Å². The highest BCUT2D eigenvalue weighted by Gasteiger charge is 2.34. The summed E-state index contributed by atoms with van der Waals surface area (Å²) in [4.78, 5) is 16.0. The number of alkyl halides is 3. The molecule has 1 N–H and O–H groups in total. The summed E-state index contributed by atoms with van der Waals surface area (Å²) in [6.45, 7) is 7.49. The maximum absolute atomic E-state index is 12.3. The molecule has 27 heavy (non-hydrogen) atoms. The molecule has 0 radical (unpaired) electrons. The summed E-state index contributed by atoms with van der Waals surface area (Å²) in [5.74, 6) is -0.851. The molecule has 1 fully saturated rings. The molecule has 1 aromatic carbocycles. The van der Waals surface area contributed by atoms with E-state index in [1.54, 1.807) is 0 Å². The van der Waals surface area contributed by atoms with Crippen molar-refractivity contribution in [3.05, 3.63) is 47.4 Å². The minimum atomic E-state index is -4.45. The quantitative estimate of drug-likeness (QED) is 0.655. The smallest absolute Gasteiger partial charge is 0.368 e. The molecule has 0 unspecified atom stereocenters. The molecule has 0 aliphatic carbocycles. The number of hydrogen-bond donors (Lipinski definition) is 1. The van der Waals surface area contributed by atoms with Crippen molar-refractivity contribution in [2.45, 2.75) is 24.4 Å². The van der Waals surface area contributed by atoms with Gasteiger partial charge in [-0.15, -0.1) is 0 Å². The van der Waals surface area contributed by atoms with Gasteiger partial charge in [0.1, 0.15) is 6.42 Å². The average molecular weight is 418 g/mol. The van der Waals surface area contributed by atoms with Gasteiger partial charge in [-0.25, -0.2) is 0 Å². The Balaban J connectivity index is 1.81. The third-order valence-corrected chi connectivity index (χ3v) is 5.60. The van der Waals surface area contributed by atoms with Crippen molar-refractivity contribution >= 4 is 35.3 Å². The molecule has 1 aliphatic rings. The Kier molecular flexibility index (Phi) is 7.97.